The topological polar surface area (TPSA) is 167 Å². The number of benzene rings is 1. The molecule has 1 atom stereocenters. The number of hydrogen-bond donors (Lipinski definition) is 5. The Kier molecular flexibility index (Phi) is 4.78. The van der Waals surface area contributed by atoms with Gasteiger partial charge in [0.2, 0.25) is 0 Å². The van der Waals surface area contributed by atoms with Gasteiger partial charge in [0.25, 0.3) is 5.91 Å². The largest absolute Gasteiger partial charge is 0.547 e. The van der Waals surface area contributed by atoms with E-state index in [1.165, 1.54) is 11.4 Å². The van der Waals surface area contributed by atoms with Crippen LogP contribution in [-0.2, 0) is 11.2 Å². The van der Waals surface area contributed by atoms with Gasteiger partial charge in [0.15, 0.2) is 10.8 Å². The van der Waals surface area contributed by atoms with Crippen LogP contribution in [0.4, 0.5) is 5.13 Å². The van der Waals surface area contributed by atoms with Crippen LogP contribution in [0, 0.1) is 0 Å². The summed E-state index contributed by atoms with van der Waals surface area (Å²) in [7, 11) is -1.48. The minimum absolute atomic E-state index is 0.0568. The minimum atomic E-state index is -1.48. The number of carbonyl (C=O) groups is 2. The Hall–Kier alpha value is -3.12. The van der Waals surface area contributed by atoms with Crippen LogP contribution in [0.3, 0.4) is 0 Å². The Balaban J connectivity index is 1.80. The Bertz CT molecular complexity index is 901. The van der Waals surface area contributed by atoms with Crippen molar-refractivity contribution in [2.24, 2.45) is 5.16 Å². The van der Waals surface area contributed by atoms with E-state index in [9.17, 15) is 19.7 Å². The maximum absolute atomic E-state index is 12.3. The summed E-state index contributed by atoms with van der Waals surface area (Å²) in [5.41, 5.74) is 5.66. The van der Waals surface area contributed by atoms with Gasteiger partial charge in [-0.15, -0.1) is 11.3 Å². The fourth-order valence-corrected chi connectivity index (χ4v) is 3.11. The van der Waals surface area contributed by atoms with Crippen molar-refractivity contribution in [1.82, 2.24) is 10.3 Å². The van der Waals surface area contributed by atoms with E-state index in [1.807, 2.05) is 0 Å². The number of nitrogens with one attached hydrogen (secondary N) is 1. The smallest absolute Gasteiger partial charge is 0.534 e. The van der Waals surface area contributed by atoms with Gasteiger partial charge >= 0.3 is 13.1 Å². The van der Waals surface area contributed by atoms with Crippen LogP contribution in [0.2, 0.25) is 0 Å². The molecule has 0 saturated heterocycles. The maximum atomic E-state index is 12.3. The van der Waals surface area contributed by atoms with Gasteiger partial charge < -0.3 is 31.0 Å². The zero-order valence-corrected chi connectivity index (χ0v) is 13.9. The number of aromatic carboxylic acids is 1. The van der Waals surface area contributed by atoms with Crippen LogP contribution in [0.25, 0.3) is 0 Å². The van der Waals surface area contributed by atoms with Crippen molar-refractivity contribution < 1.29 is 29.6 Å². The lowest BCUT2D eigenvalue weighted by atomic mass is 9.72. The van der Waals surface area contributed by atoms with Gasteiger partial charge in [-0.1, -0.05) is 17.3 Å². The molecule has 10 nitrogen and oxygen atoms in total. The second-order valence-corrected chi connectivity index (χ2v) is 6.30. The number of anilines is 1. The number of carboxylic acid groups (broad SMARTS) is 1. The van der Waals surface area contributed by atoms with Crippen LogP contribution in [0.1, 0.15) is 21.6 Å². The molecule has 26 heavy (non-hydrogen) atoms. The van der Waals surface area contributed by atoms with E-state index >= 15 is 0 Å². The highest BCUT2D eigenvalue weighted by atomic mass is 32.1. The molecule has 12 heteroatoms. The molecule has 1 aromatic heterocycles. The summed E-state index contributed by atoms with van der Waals surface area (Å²) in [6.45, 7) is 0. The predicted molar refractivity (Wildman–Crippen MR) is 92.5 cm³/mol. The zero-order chi connectivity index (χ0) is 18.8. The van der Waals surface area contributed by atoms with E-state index in [0.29, 0.717) is 5.56 Å². The summed E-state index contributed by atoms with van der Waals surface area (Å²) in [6.07, 6.45) is 0.126. The summed E-state index contributed by atoms with van der Waals surface area (Å²) < 4.78 is 5.29. The lowest BCUT2D eigenvalue weighted by molar-refractivity contribution is -0.115. The van der Waals surface area contributed by atoms with Crippen LogP contribution in [-0.4, -0.2) is 51.0 Å². The number of nitrogens with two attached hydrogens (primary N) is 1. The molecule has 2 aromatic rings. The van der Waals surface area contributed by atoms with Gasteiger partial charge in [-0.2, -0.15) is 0 Å². The number of oxime groups is 1. The third-order valence-electron chi connectivity index (χ3n) is 3.75. The third kappa shape index (κ3) is 3.32. The van der Waals surface area contributed by atoms with Crippen LogP contribution in [0.15, 0.2) is 28.7 Å². The predicted octanol–water partition coefficient (Wildman–Crippen LogP) is -0.259. The molecule has 6 N–H and O–H groups in total. The average Bonchev–Trinajstić information content (AvgIpc) is 3.01. The molecule has 1 aliphatic heterocycles. The Labute approximate surface area is 151 Å². The lowest BCUT2D eigenvalue weighted by Gasteiger charge is -2.28. The number of amides is 1. The number of nitrogen functional groups attached to an aromatic ring is 1. The number of carbonyl (C=O) groups excluding carboxylic acids is 1. The van der Waals surface area contributed by atoms with E-state index in [0.717, 1.165) is 11.3 Å². The number of thiazole rings is 1. The van der Waals surface area contributed by atoms with Gasteiger partial charge in [-0.25, -0.2) is 9.78 Å². The number of para-hydroxylation sites is 1. The van der Waals surface area contributed by atoms with Crippen molar-refractivity contribution in [1.29, 1.82) is 0 Å². The van der Waals surface area contributed by atoms with Crippen molar-refractivity contribution in [3.05, 3.63) is 40.4 Å². The van der Waals surface area contributed by atoms with Crippen LogP contribution >= 0.6 is 11.3 Å². The van der Waals surface area contributed by atoms with Crippen LogP contribution < -0.4 is 15.7 Å². The average molecular weight is 376 g/mol. The van der Waals surface area contributed by atoms with Crippen LogP contribution in [0.5, 0.6) is 5.75 Å². The molecule has 0 spiro atoms. The fourth-order valence-electron chi connectivity index (χ4n) is 2.56. The quantitative estimate of drug-likeness (QED) is 0.211. The molecular formula is C14H13BN4O6S. The number of carboxylic acids is 1. The Morgan fingerprint density at radius 3 is 2.85 bits per heavy atom. The maximum Gasteiger partial charge on any atom is 0.547 e. The second-order valence-electron chi connectivity index (χ2n) is 5.41. The van der Waals surface area contributed by atoms with Gasteiger partial charge in [-0.3, -0.25) is 4.79 Å². The first-order valence-corrected chi connectivity index (χ1v) is 8.23. The van der Waals surface area contributed by atoms with Crippen molar-refractivity contribution in [3.63, 3.8) is 0 Å². The molecule has 134 valence electrons. The highest BCUT2D eigenvalue weighted by molar-refractivity contribution is 7.13. The van der Waals surface area contributed by atoms with Gasteiger partial charge in [0.05, 0.1) is 11.5 Å². The molecule has 0 aliphatic carbocycles. The highest BCUT2D eigenvalue weighted by Crippen LogP contribution is 2.30. The van der Waals surface area contributed by atoms with E-state index in [4.69, 9.17) is 15.6 Å². The fraction of sp³-hybridized carbons (Fsp3) is 0.143. The number of rotatable bonds is 4. The third-order valence-corrected chi connectivity index (χ3v) is 4.42. The normalized spacial score (nSPS) is 16.6. The first-order chi connectivity index (χ1) is 12.4. The minimum Gasteiger partial charge on any atom is -0.534 e. The van der Waals surface area contributed by atoms with E-state index < -0.39 is 24.9 Å². The number of aromatic nitrogens is 1. The number of hydrogen-bond acceptors (Lipinski definition) is 9. The van der Waals surface area contributed by atoms with E-state index in [1.54, 1.807) is 12.1 Å². The summed E-state index contributed by atoms with van der Waals surface area (Å²) >= 11 is 1.07. The molecule has 0 fully saturated rings. The molecule has 1 amide bonds. The molecule has 0 bridgehead atoms. The number of nitrogens with zero attached hydrogens (tertiary/aromatic N) is 2. The standard InChI is InChI=1S/C14H13BN4O6S/c16-14-17-8(5-26-14)10(19-24)12(20)18-9-4-6-2-1-3-7(13(21)22)11(6)25-15(9)23/h1-3,5,9,23-24H,4H2,(H2,16,17)(H,18,20)(H,21,22)/b19-10-. The molecule has 2 heterocycles. The van der Waals surface area contributed by atoms with Crippen molar-refractivity contribution >= 4 is 41.2 Å². The molecule has 1 aromatic carbocycles. The SMILES string of the molecule is Nc1nc(/C(=N/O)C(=O)NC2Cc3cccc(C(=O)O)c3OB2O)cs1. The molecule has 3 rings (SSSR count). The summed E-state index contributed by atoms with van der Waals surface area (Å²) in [4.78, 5) is 27.4. The zero-order valence-electron chi connectivity index (χ0n) is 13.1. The van der Waals surface area contributed by atoms with Gasteiger partial charge in [0, 0.05) is 5.38 Å². The second kappa shape index (κ2) is 7.02. The summed E-state index contributed by atoms with van der Waals surface area (Å²) in [5, 5.41) is 35.5. The first-order valence-electron chi connectivity index (χ1n) is 7.35. The van der Waals surface area contributed by atoms with Crippen molar-refractivity contribution in [2.45, 2.75) is 12.4 Å². The monoisotopic (exact) mass is 376 g/mol. The lowest BCUT2D eigenvalue weighted by Crippen LogP contribution is -2.54. The van der Waals surface area contributed by atoms with Gasteiger partial charge in [-0.05, 0) is 18.1 Å². The summed E-state index contributed by atoms with van der Waals surface area (Å²) in [5.74, 6) is -2.80. The van der Waals surface area contributed by atoms with Gasteiger partial charge in [0.1, 0.15) is 11.4 Å². The Morgan fingerprint density at radius 2 is 2.23 bits per heavy atom. The molecule has 1 unspecified atom stereocenters. The molecule has 0 saturated carbocycles. The number of fused-ring (bicyclic) bond motifs is 1. The molecule has 0 radical (unpaired) electrons. The van der Waals surface area contributed by atoms with E-state index in [2.05, 4.69) is 15.5 Å². The Morgan fingerprint density at radius 1 is 1.46 bits per heavy atom. The molecule has 1 aliphatic rings. The first kappa shape index (κ1) is 17.7. The van der Waals surface area contributed by atoms with E-state index in [-0.39, 0.29) is 34.3 Å². The summed E-state index contributed by atoms with van der Waals surface area (Å²) in [6, 6.07) is 4.53. The highest BCUT2D eigenvalue weighted by Gasteiger charge is 2.38. The van der Waals surface area contributed by atoms with Crippen molar-refractivity contribution in [2.75, 3.05) is 5.73 Å². The van der Waals surface area contributed by atoms with Crippen molar-refractivity contribution in [3.8, 4) is 5.75 Å². The molecular weight excluding hydrogens is 363 g/mol.